The molecule has 8 nitrogen and oxygen atoms in total. The SMILES string of the molecule is CCOC(=O)CCN(Cc1ccc(-c2nc3cccc4c3n2CCNC4=O)cc1)Cc1ccco1. The number of para-hydroxylation sites is 1. The molecule has 0 unspecified atom stereocenters. The topological polar surface area (TPSA) is 89.6 Å². The Kier molecular flexibility index (Phi) is 6.63. The smallest absolute Gasteiger partial charge is 0.307 e. The number of furan rings is 1. The van der Waals surface area contributed by atoms with Crippen molar-refractivity contribution in [1.29, 1.82) is 0 Å². The first-order valence-electron chi connectivity index (χ1n) is 11.9. The summed E-state index contributed by atoms with van der Waals surface area (Å²) in [5.74, 6) is 1.44. The maximum absolute atomic E-state index is 12.4. The third-order valence-corrected chi connectivity index (χ3v) is 6.15. The number of esters is 1. The molecule has 3 heterocycles. The van der Waals surface area contributed by atoms with Gasteiger partial charge in [-0.05, 0) is 36.8 Å². The van der Waals surface area contributed by atoms with Gasteiger partial charge in [0.2, 0.25) is 0 Å². The fourth-order valence-corrected chi connectivity index (χ4v) is 4.52. The standard InChI is InChI=1S/C27H28N4O4/c1-2-34-24(32)12-14-30(18-21-5-4-16-35-21)17-19-8-10-20(11-9-19)26-29-23-7-3-6-22-25(23)31(26)15-13-28-27(22)33/h3-11,16H,2,12-15,17-18H2,1H3,(H,28,33). The Labute approximate surface area is 203 Å². The van der Waals surface area contributed by atoms with Crippen molar-refractivity contribution in [3.63, 3.8) is 0 Å². The first-order chi connectivity index (χ1) is 17.1. The highest BCUT2D eigenvalue weighted by Gasteiger charge is 2.21. The molecule has 2 aromatic carbocycles. The van der Waals surface area contributed by atoms with Gasteiger partial charge in [-0.1, -0.05) is 30.3 Å². The number of imidazole rings is 1. The van der Waals surface area contributed by atoms with Gasteiger partial charge in [-0.3, -0.25) is 14.5 Å². The molecule has 0 radical (unpaired) electrons. The van der Waals surface area contributed by atoms with Crippen LogP contribution in [0.3, 0.4) is 0 Å². The number of hydrogen-bond donors (Lipinski definition) is 1. The van der Waals surface area contributed by atoms with Gasteiger partial charge in [0.15, 0.2) is 0 Å². The third-order valence-electron chi connectivity index (χ3n) is 6.15. The van der Waals surface area contributed by atoms with Gasteiger partial charge in [0.25, 0.3) is 5.91 Å². The van der Waals surface area contributed by atoms with E-state index in [4.69, 9.17) is 14.1 Å². The Bertz CT molecular complexity index is 1330. The normalized spacial score (nSPS) is 13.1. The molecule has 180 valence electrons. The summed E-state index contributed by atoms with van der Waals surface area (Å²) in [6, 6.07) is 17.8. The maximum Gasteiger partial charge on any atom is 0.307 e. The molecular formula is C27H28N4O4. The second kappa shape index (κ2) is 10.1. The van der Waals surface area contributed by atoms with Gasteiger partial charge in [0, 0.05) is 31.7 Å². The van der Waals surface area contributed by atoms with Crippen molar-refractivity contribution < 1.29 is 18.7 Å². The summed E-state index contributed by atoms with van der Waals surface area (Å²) in [4.78, 5) is 31.4. The van der Waals surface area contributed by atoms with Crippen molar-refractivity contribution in [3.8, 4) is 11.4 Å². The van der Waals surface area contributed by atoms with Gasteiger partial charge in [-0.15, -0.1) is 0 Å². The Morgan fingerprint density at radius 3 is 2.77 bits per heavy atom. The molecule has 0 saturated carbocycles. The van der Waals surface area contributed by atoms with Crippen LogP contribution < -0.4 is 5.32 Å². The Balaban J connectivity index is 1.37. The second-order valence-corrected chi connectivity index (χ2v) is 8.56. The monoisotopic (exact) mass is 472 g/mol. The maximum atomic E-state index is 12.4. The minimum atomic E-state index is -0.198. The van der Waals surface area contributed by atoms with Crippen molar-refractivity contribution in [1.82, 2.24) is 19.8 Å². The molecule has 1 aliphatic heterocycles. The molecule has 35 heavy (non-hydrogen) atoms. The van der Waals surface area contributed by atoms with E-state index >= 15 is 0 Å². The predicted molar refractivity (Wildman–Crippen MR) is 132 cm³/mol. The first-order valence-corrected chi connectivity index (χ1v) is 11.9. The van der Waals surface area contributed by atoms with Crippen LogP contribution in [0.5, 0.6) is 0 Å². The van der Waals surface area contributed by atoms with Crippen molar-refractivity contribution in [2.75, 3.05) is 19.7 Å². The van der Waals surface area contributed by atoms with E-state index in [0.717, 1.165) is 33.7 Å². The quantitative estimate of drug-likeness (QED) is 0.371. The van der Waals surface area contributed by atoms with Crippen LogP contribution in [0.4, 0.5) is 0 Å². The molecule has 0 atom stereocenters. The van der Waals surface area contributed by atoms with Crippen LogP contribution in [0.2, 0.25) is 0 Å². The zero-order valence-corrected chi connectivity index (χ0v) is 19.7. The highest BCUT2D eigenvalue weighted by Crippen LogP contribution is 2.28. The Morgan fingerprint density at radius 1 is 1.14 bits per heavy atom. The summed E-state index contributed by atoms with van der Waals surface area (Å²) < 4.78 is 12.7. The highest BCUT2D eigenvalue weighted by atomic mass is 16.5. The molecule has 5 rings (SSSR count). The molecule has 8 heteroatoms. The van der Waals surface area contributed by atoms with Crippen LogP contribution >= 0.6 is 0 Å². The van der Waals surface area contributed by atoms with E-state index in [1.54, 1.807) is 6.26 Å². The predicted octanol–water partition coefficient (Wildman–Crippen LogP) is 4.00. The van der Waals surface area contributed by atoms with Gasteiger partial charge in [-0.25, -0.2) is 4.98 Å². The van der Waals surface area contributed by atoms with Crippen molar-refractivity contribution in [3.05, 3.63) is 77.7 Å². The number of rotatable bonds is 9. The molecule has 0 bridgehead atoms. The first kappa shape index (κ1) is 22.9. The number of aromatic nitrogens is 2. The summed E-state index contributed by atoms with van der Waals surface area (Å²) in [5, 5.41) is 2.96. The molecule has 0 aliphatic carbocycles. The summed E-state index contributed by atoms with van der Waals surface area (Å²) in [5.41, 5.74) is 4.47. The highest BCUT2D eigenvalue weighted by molar-refractivity contribution is 6.06. The van der Waals surface area contributed by atoms with E-state index in [0.29, 0.717) is 51.3 Å². The molecule has 2 aromatic heterocycles. The van der Waals surface area contributed by atoms with Crippen LogP contribution in [-0.2, 0) is 29.2 Å². The summed E-state index contributed by atoms with van der Waals surface area (Å²) in [6.45, 7) is 5.27. The van der Waals surface area contributed by atoms with Crippen molar-refractivity contribution in [2.45, 2.75) is 33.0 Å². The number of amides is 1. The number of benzene rings is 2. The van der Waals surface area contributed by atoms with Crippen LogP contribution in [-0.4, -0.2) is 46.0 Å². The van der Waals surface area contributed by atoms with Gasteiger partial charge < -0.3 is 19.0 Å². The summed E-state index contributed by atoms with van der Waals surface area (Å²) >= 11 is 0. The van der Waals surface area contributed by atoms with E-state index in [9.17, 15) is 9.59 Å². The average Bonchev–Trinajstić information content (AvgIpc) is 3.47. The zero-order valence-electron chi connectivity index (χ0n) is 19.7. The van der Waals surface area contributed by atoms with Crippen molar-refractivity contribution in [2.24, 2.45) is 0 Å². The largest absolute Gasteiger partial charge is 0.468 e. The number of nitrogens with zero attached hydrogens (tertiary/aromatic N) is 3. The molecule has 1 amide bonds. The van der Waals surface area contributed by atoms with E-state index in [-0.39, 0.29) is 11.9 Å². The lowest BCUT2D eigenvalue weighted by atomic mass is 10.1. The molecule has 0 fully saturated rings. The third kappa shape index (κ3) is 4.97. The molecule has 1 N–H and O–H groups in total. The Hall–Kier alpha value is -3.91. The van der Waals surface area contributed by atoms with Crippen LogP contribution in [0, 0.1) is 0 Å². The molecular weight excluding hydrogens is 444 g/mol. The number of carbonyl (C=O) groups is 2. The summed E-state index contributed by atoms with van der Waals surface area (Å²) in [7, 11) is 0. The van der Waals surface area contributed by atoms with Gasteiger partial charge in [-0.2, -0.15) is 0 Å². The molecule has 0 spiro atoms. The van der Waals surface area contributed by atoms with Crippen LogP contribution in [0.15, 0.2) is 65.3 Å². The number of hydrogen-bond acceptors (Lipinski definition) is 6. The van der Waals surface area contributed by atoms with Gasteiger partial charge in [0.1, 0.15) is 11.6 Å². The number of ether oxygens (including phenoxy) is 1. The van der Waals surface area contributed by atoms with E-state index in [2.05, 4.69) is 39.0 Å². The van der Waals surface area contributed by atoms with Crippen molar-refractivity contribution >= 4 is 22.9 Å². The zero-order chi connectivity index (χ0) is 24.2. The molecule has 4 aromatic rings. The van der Waals surface area contributed by atoms with E-state index < -0.39 is 0 Å². The minimum absolute atomic E-state index is 0.0596. The second-order valence-electron chi connectivity index (χ2n) is 8.56. The van der Waals surface area contributed by atoms with E-state index in [1.165, 1.54) is 0 Å². The average molecular weight is 473 g/mol. The molecule has 0 saturated heterocycles. The lowest BCUT2D eigenvalue weighted by molar-refractivity contribution is -0.143. The van der Waals surface area contributed by atoms with Crippen LogP contribution in [0.1, 0.15) is 35.0 Å². The Morgan fingerprint density at radius 2 is 2.00 bits per heavy atom. The fourth-order valence-electron chi connectivity index (χ4n) is 4.52. The van der Waals surface area contributed by atoms with Gasteiger partial charge >= 0.3 is 5.97 Å². The minimum Gasteiger partial charge on any atom is -0.468 e. The summed E-state index contributed by atoms with van der Waals surface area (Å²) in [6.07, 6.45) is 1.98. The number of nitrogens with one attached hydrogen (secondary N) is 1. The fraction of sp³-hybridized carbons (Fsp3) is 0.296. The molecule has 1 aliphatic rings. The van der Waals surface area contributed by atoms with E-state index in [1.807, 2.05) is 37.3 Å². The van der Waals surface area contributed by atoms with Gasteiger partial charge in [0.05, 0.1) is 42.4 Å². The lowest BCUT2D eigenvalue weighted by Gasteiger charge is -2.21. The van der Waals surface area contributed by atoms with Crippen LogP contribution in [0.25, 0.3) is 22.4 Å². The number of carbonyl (C=O) groups excluding carboxylic acids is 2. The lowest BCUT2D eigenvalue weighted by Crippen LogP contribution is -2.26.